The minimum Gasteiger partial charge on any atom is -0.340 e. The van der Waals surface area contributed by atoms with Crippen LogP contribution >= 0.6 is 27.5 Å². The molecule has 33 heavy (non-hydrogen) atoms. The second-order valence-corrected chi connectivity index (χ2v) is 9.09. The number of carbonyl (C=O) groups excluding carboxylic acids is 1. The quantitative estimate of drug-likeness (QED) is 0.223. The maximum absolute atomic E-state index is 12.9. The average molecular weight is 519 g/mol. The predicted molar refractivity (Wildman–Crippen MR) is 138 cm³/mol. The maximum Gasteiger partial charge on any atom is 0.266 e. The first-order chi connectivity index (χ1) is 15.9. The Balaban J connectivity index is 1.74. The lowest BCUT2D eigenvalue weighted by atomic mass is 10.1. The highest BCUT2D eigenvalue weighted by Crippen LogP contribution is 2.30. The Morgan fingerprint density at radius 1 is 1.09 bits per heavy atom. The molecule has 1 N–H and O–H groups in total. The van der Waals surface area contributed by atoms with Crippen LogP contribution in [0.4, 0.5) is 5.69 Å². The average Bonchev–Trinajstić information content (AvgIpc) is 3.07. The van der Waals surface area contributed by atoms with E-state index in [0.29, 0.717) is 17.3 Å². The molecular formula is C27H21BrClN3O. The molecule has 1 aromatic heterocycles. The lowest BCUT2D eigenvalue weighted by Crippen LogP contribution is -2.14. The van der Waals surface area contributed by atoms with Crippen molar-refractivity contribution in [3.05, 3.63) is 104 Å². The zero-order valence-electron chi connectivity index (χ0n) is 18.2. The number of aromatic nitrogens is 1. The normalized spacial score (nSPS) is 11.4. The van der Waals surface area contributed by atoms with E-state index in [0.717, 1.165) is 37.8 Å². The van der Waals surface area contributed by atoms with E-state index in [1.54, 1.807) is 24.3 Å². The van der Waals surface area contributed by atoms with E-state index in [1.807, 2.05) is 44.2 Å². The Bertz CT molecular complexity index is 1430. The van der Waals surface area contributed by atoms with Crippen molar-refractivity contribution in [2.24, 2.45) is 0 Å². The van der Waals surface area contributed by atoms with Crippen LogP contribution < -0.4 is 5.32 Å². The smallest absolute Gasteiger partial charge is 0.266 e. The van der Waals surface area contributed by atoms with Gasteiger partial charge < -0.3 is 9.88 Å². The standard InChI is InChI=1S/C27H21BrClN3O/c1-17-24(29)7-5-8-25(17)31-27(33)20(15-30)14-23-18(2)32(26-9-4-3-6-22(23)26)16-19-10-12-21(28)13-11-19/h3-14H,16H2,1-2H3,(H,31,33)/b20-14-. The molecule has 0 radical (unpaired) electrons. The second-order valence-electron chi connectivity index (χ2n) is 7.77. The fourth-order valence-corrected chi connectivity index (χ4v) is 4.28. The lowest BCUT2D eigenvalue weighted by Gasteiger charge is -2.10. The lowest BCUT2D eigenvalue weighted by molar-refractivity contribution is -0.112. The molecule has 0 saturated heterocycles. The van der Waals surface area contributed by atoms with Crippen molar-refractivity contribution in [2.75, 3.05) is 5.32 Å². The summed E-state index contributed by atoms with van der Waals surface area (Å²) in [6.07, 6.45) is 1.67. The van der Waals surface area contributed by atoms with Gasteiger partial charge in [0, 0.05) is 43.9 Å². The van der Waals surface area contributed by atoms with Gasteiger partial charge in [0.15, 0.2) is 0 Å². The first kappa shape index (κ1) is 22.8. The Kier molecular flexibility index (Phi) is 6.69. The van der Waals surface area contributed by atoms with Crippen LogP contribution in [0.25, 0.3) is 17.0 Å². The third-order valence-electron chi connectivity index (χ3n) is 5.70. The van der Waals surface area contributed by atoms with Gasteiger partial charge >= 0.3 is 0 Å². The van der Waals surface area contributed by atoms with Gasteiger partial charge in [0.2, 0.25) is 0 Å². The van der Waals surface area contributed by atoms with Gasteiger partial charge in [-0.2, -0.15) is 5.26 Å². The van der Waals surface area contributed by atoms with E-state index in [2.05, 4.69) is 50.1 Å². The number of benzene rings is 3. The number of para-hydroxylation sites is 1. The van der Waals surface area contributed by atoms with Gasteiger partial charge in [-0.1, -0.05) is 63.9 Å². The highest BCUT2D eigenvalue weighted by atomic mass is 79.9. The largest absolute Gasteiger partial charge is 0.340 e. The summed E-state index contributed by atoms with van der Waals surface area (Å²) in [5.41, 5.74) is 5.43. The summed E-state index contributed by atoms with van der Waals surface area (Å²) < 4.78 is 3.24. The van der Waals surface area contributed by atoms with E-state index < -0.39 is 5.91 Å². The molecule has 0 spiro atoms. The molecule has 4 aromatic rings. The molecule has 0 bridgehead atoms. The minimum absolute atomic E-state index is 0.0315. The van der Waals surface area contributed by atoms with Crippen molar-refractivity contribution in [3.63, 3.8) is 0 Å². The van der Waals surface area contributed by atoms with Crippen LogP contribution in [-0.2, 0) is 11.3 Å². The summed E-state index contributed by atoms with van der Waals surface area (Å²) in [5, 5.41) is 14.1. The Labute approximate surface area is 206 Å². The van der Waals surface area contributed by atoms with Gasteiger partial charge in [-0.05, 0) is 61.4 Å². The van der Waals surface area contributed by atoms with Crippen molar-refractivity contribution < 1.29 is 4.79 Å². The van der Waals surface area contributed by atoms with E-state index in [-0.39, 0.29) is 5.57 Å². The number of amides is 1. The van der Waals surface area contributed by atoms with Gasteiger partial charge in [0.25, 0.3) is 5.91 Å². The zero-order chi connectivity index (χ0) is 23.5. The molecule has 0 saturated carbocycles. The third kappa shape index (κ3) is 4.73. The van der Waals surface area contributed by atoms with Gasteiger partial charge in [0.1, 0.15) is 11.6 Å². The van der Waals surface area contributed by atoms with E-state index in [4.69, 9.17) is 11.6 Å². The van der Waals surface area contributed by atoms with Crippen molar-refractivity contribution in [1.82, 2.24) is 4.57 Å². The molecule has 1 amide bonds. The van der Waals surface area contributed by atoms with E-state index in [9.17, 15) is 10.1 Å². The Morgan fingerprint density at radius 3 is 2.55 bits per heavy atom. The van der Waals surface area contributed by atoms with Crippen molar-refractivity contribution in [2.45, 2.75) is 20.4 Å². The third-order valence-corrected chi connectivity index (χ3v) is 6.64. The summed E-state index contributed by atoms with van der Waals surface area (Å²) in [5.74, 6) is -0.466. The van der Waals surface area contributed by atoms with E-state index >= 15 is 0 Å². The Hall–Kier alpha value is -3.33. The summed E-state index contributed by atoms with van der Waals surface area (Å²) in [6, 6.07) is 23.6. The molecule has 0 aliphatic carbocycles. The maximum atomic E-state index is 12.9. The fraction of sp³-hybridized carbons (Fsp3) is 0.111. The monoisotopic (exact) mass is 517 g/mol. The van der Waals surface area contributed by atoms with Crippen molar-refractivity contribution in [3.8, 4) is 6.07 Å². The van der Waals surface area contributed by atoms with Gasteiger partial charge in [-0.15, -0.1) is 0 Å². The van der Waals surface area contributed by atoms with Crippen LogP contribution in [0.2, 0.25) is 5.02 Å². The number of fused-ring (bicyclic) bond motifs is 1. The molecule has 3 aromatic carbocycles. The first-order valence-electron chi connectivity index (χ1n) is 10.4. The van der Waals surface area contributed by atoms with Gasteiger partial charge in [-0.25, -0.2) is 0 Å². The molecule has 0 aliphatic heterocycles. The highest BCUT2D eigenvalue weighted by Gasteiger charge is 2.17. The molecule has 0 unspecified atom stereocenters. The molecule has 164 valence electrons. The van der Waals surface area contributed by atoms with Crippen LogP contribution in [-0.4, -0.2) is 10.5 Å². The summed E-state index contributed by atoms with van der Waals surface area (Å²) in [6.45, 7) is 4.52. The predicted octanol–water partition coefficient (Wildman–Crippen LogP) is 7.27. The zero-order valence-corrected chi connectivity index (χ0v) is 20.5. The molecule has 0 aliphatic rings. The number of nitrogens with zero attached hydrogens (tertiary/aromatic N) is 2. The number of carbonyl (C=O) groups is 1. The molecular weight excluding hydrogens is 498 g/mol. The van der Waals surface area contributed by atoms with Gasteiger partial charge in [0.05, 0.1) is 0 Å². The molecule has 0 atom stereocenters. The van der Waals surface area contributed by atoms with Crippen LogP contribution in [0.15, 0.2) is 76.8 Å². The van der Waals surface area contributed by atoms with Crippen LogP contribution in [0, 0.1) is 25.2 Å². The second kappa shape index (κ2) is 9.66. The summed E-state index contributed by atoms with van der Waals surface area (Å²) in [4.78, 5) is 12.9. The van der Waals surface area contributed by atoms with Crippen LogP contribution in [0.3, 0.4) is 0 Å². The fourth-order valence-electron chi connectivity index (χ4n) is 3.84. The number of hydrogen-bond donors (Lipinski definition) is 1. The molecule has 4 rings (SSSR count). The molecule has 1 heterocycles. The SMILES string of the molecule is Cc1c(Cl)cccc1NC(=O)/C(C#N)=C\c1c(C)n(Cc2ccc(Br)cc2)c2ccccc12. The number of nitrogens with one attached hydrogen (secondary N) is 1. The number of anilines is 1. The summed E-state index contributed by atoms with van der Waals surface area (Å²) >= 11 is 9.65. The molecule has 4 nitrogen and oxygen atoms in total. The topological polar surface area (TPSA) is 57.8 Å². The Morgan fingerprint density at radius 2 is 1.82 bits per heavy atom. The van der Waals surface area contributed by atoms with Gasteiger partial charge in [-0.3, -0.25) is 4.79 Å². The van der Waals surface area contributed by atoms with Crippen LogP contribution in [0.1, 0.15) is 22.4 Å². The number of rotatable bonds is 5. The molecule has 0 fully saturated rings. The number of nitriles is 1. The first-order valence-corrected chi connectivity index (χ1v) is 11.6. The van der Waals surface area contributed by atoms with Crippen LogP contribution in [0.5, 0.6) is 0 Å². The highest BCUT2D eigenvalue weighted by molar-refractivity contribution is 9.10. The van der Waals surface area contributed by atoms with Crippen molar-refractivity contribution in [1.29, 1.82) is 5.26 Å². The minimum atomic E-state index is -0.466. The number of hydrogen-bond acceptors (Lipinski definition) is 2. The summed E-state index contributed by atoms with van der Waals surface area (Å²) in [7, 11) is 0. The molecule has 6 heteroatoms. The van der Waals surface area contributed by atoms with E-state index in [1.165, 1.54) is 0 Å². The number of halogens is 2. The van der Waals surface area contributed by atoms with Crippen molar-refractivity contribution >= 4 is 56.1 Å².